The first-order valence-electron chi connectivity index (χ1n) is 6.98. The molecule has 3 aromatic rings. The van der Waals surface area contributed by atoms with Gasteiger partial charge in [-0.1, -0.05) is 25.1 Å². The molecule has 1 N–H and O–H groups in total. The molecule has 0 amide bonds. The van der Waals surface area contributed by atoms with Crippen LogP contribution in [0.4, 0.5) is 0 Å². The number of aryl methyl sites for hydroxylation is 1. The second-order valence-corrected chi connectivity index (χ2v) is 4.97. The average molecular weight is 269 g/mol. The molecule has 0 aliphatic heterocycles. The van der Waals surface area contributed by atoms with E-state index in [1.807, 2.05) is 43.9 Å². The van der Waals surface area contributed by atoms with Crippen LogP contribution in [0.3, 0.4) is 0 Å². The molecule has 2 heterocycles. The standard InChI is InChI=1S/C16H19N3O/c1-3-8-17-15(16-18-9-10-19(16)2)13-11-20-14-7-5-4-6-12(13)14/h4-7,9-11,15,17H,3,8H2,1-2H3. The van der Waals surface area contributed by atoms with Gasteiger partial charge in [0.05, 0.1) is 12.3 Å². The van der Waals surface area contributed by atoms with Gasteiger partial charge in [-0.05, 0) is 19.0 Å². The van der Waals surface area contributed by atoms with Crippen molar-refractivity contribution >= 4 is 11.0 Å². The van der Waals surface area contributed by atoms with E-state index in [9.17, 15) is 0 Å². The number of hydrogen-bond acceptors (Lipinski definition) is 3. The number of nitrogens with one attached hydrogen (secondary N) is 1. The first-order chi connectivity index (χ1) is 9.81. The Bertz CT molecular complexity index is 698. The lowest BCUT2D eigenvalue weighted by molar-refractivity contribution is 0.542. The van der Waals surface area contributed by atoms with Gasteiger partial charge < -0.3 is 14.3 Å². The van der Waals surface area contributed by atoms with Crippen molar-refractivity contribution in [3.63, 3.8) is 0 Å². The number of fused-ring (bicyclic) bond motifs is 1. The van der Waals surface area contributed by atoms with E-state index in [0.29, 0.717) is 0 Å². The highest BCUT2D eigenvalue weighted by atomic mass is 16.3. The molecule has 0 radical (unpaired) electrons. The Labute approximate surface area is 118 Å². The average Bonchev–Trinajstić information content (AvgIpc) is 3.07. The van der Waals surface area contributed by atoms with Crippen molar-refractivity contribution in [1.29, 1.82) is 0 Å². The molecule has 0 aliphatic carbocycles. The molecule has 3 rings (SSSR count). The molecular formula is C16H19N3O. The fourth-order valence-corrected chi connectivity index (χ4v) is 2.51. The van der Waals surface area contributed by atoms with Gasteiger partial charge >= 0.3 is 0 Å². The van der Waals surface area contributed by atoms with Crippen molar-refractivity contribution in [2.45, 2.75) is 19.4 Å². The van der Waals surface area contributed by atoms with Gasteiger partial charge in [0.2, 0.25) is 0 Å². The summed E-state index contributed by atoms with van der Waals surface area (Å²) in [5.74, 6) is 1.00. The van der Waals surface area contributed by atoms with Crippen LogP contribution in [0, 0.1) is 0 Å². The van der Waals surface area contributed by atoms with Gasteiger partial charge in [0.25, 0.3) is 0 Å². The van der Waals surface area contributed by atoms with Gasteiger partial charge in [-0.2, -0.15) is 0 Å². The molecule has 0 bridgehead atoms. The lowest BCUT2D eigenvalue weighted by atomic mass is 10.0. The quantitative estimate of drug-likeness (QED) is 0.773. The Hall–Kier alpha value is -2.07. The predicted octanol–water partition coefficient (Wildman–Crippen LogP) is 3.26. The highest BCUT2D eigenvalue weighted by molar-refractivity contribution is 5.81. The van der Waals surface area contributed by atoms with Crippen LogP contribution in [-0.2, 0) is 7.05 Å². The zero-order valence-corrected chi connectivity index (χ0v) is 11.8. The highest BCUT2D eigenvalue weighted by Gasteiger charge is 2.21. The maximum Gasteiger partial charge on any atom is 0.134 e. The van der Waals surface area contributed by atoms with Crippen molar-refractivity contribution in [2.75, 3.05) is 6.54 Å². The lowest BCUT2D eigenvalue weighted by Crippen LogP contribution is -2.25. The van der Waals surface area contributed by atoms with E-state index in [-0.39, 0.29) is 6.04 Å². The third kappa shape index (κ3) is 2.23. The Morgan fingerprint density at radius 1 is 1.35 bits per heavy atom. The summed E-state index contributed by atoms with van der Waals surface area (Å²) in [6.45, 7) is 3.10. The minimum absolute atomic E-state index is 0.0543. The van der Waals surface area contributed by atoms with Crippen LogP contribution in [0.5, 0.6) is 0 Å². The Kier molecular flexibility index (Phi) is 3.56. The summed E-state index contributed by atoms with van der Waals surface area (Å²) in [4.78, 5) is 4.49. The van der Waals surface area contributed by atoms with Gasteiger partial charge in [0.15, 0.2) is 0 Å². The van der Waals surface area contributed by atoms with Crippen molar-refractivity contribution in [3.05, 3.63) is 54.3 Å². The molecule has 4 nitrogen and oxygen atoms in total. The summed E-state index contributed by atoms with van der Waals surface area (Å²) in [5.41, 5.74) is 2.06. The molecular weight excluding hydrogens is 250 g/mol. The Morgan fingerprint density at radius 2 is 2.20 bits per heavy atom. The zero-order valence-electron chi connectivity index (χ0n) is 11.8. The monoisotopic (exact) mass is 269 g/mol. The number of furan rings is 1. The van der Waals surface area contributed by atoms with E-state index >= 15 is 0 Å². The summed E-state index contributed by atoms with van der Waals surface area (Å²) in [6.07, 6.45) is 6.72. The highest BCUT2D eigenvalue weighted by Crippen LogP contribution is 2.29. The number of rotatable bonds is 5. The first-order valence-corrected chi connectivity index (χ1v) is 6.98. The SMILES string of the molecule is CCCNC(c1coc2ccccc12)c1nccn1C. The molecule has 20 heavy (non-hydrogen) atoms. The van der Waals surface area contributed by atoms with E-state index in [1.54, 1.807) is 0 Å². The van der Waals surface area contributed by atoms with Crippen molar-refractivity contribution < 1.29 is 4.42 Å². The van der Waals surface area contributed by atoms with Gasteiger partial charge in [-0.3, -0.25) is 0 Å². The summed E-state index contributed by atoms with van der Waals surface area (Å²) >= 11 is 0. The van der Waals surface area contributed by atoms with E-state index < -0.39 is 0 Å². The molecule has 2 aromatic heterocycles. The maximum absolute atomic E-state index is 5.67. The molecule has 104 valence electrons. The molecule has 1 atom stereocenters. The topological polar surface area (TPSA) is 43.0 Å². The fourth-order valence-electron chi connectivity index (χ4n) is 2.51. The summed E-state index contributed by atoms with van der Waals surface area (Å²) < 4.78 is 7.72. The number of benzene rings is 1. The Morgan fingerprint density at radius 3 is 2.95 bits per heavy atom. The number of para-hydroxylation sites is 1. The molecule has 0 saturated carbocycles. The Balaban J connectivity index is 2.07. The van der Waals surface area contributed by atoms with Gasteiger partial charge in [0.1, 0.15) is 11.4 Å². The van der Waals surface area contributed by atoms with Crippen LogP contribution in [0.2, 0.25) is 0 Å². The molecule has 4 heteroatoms. The third-order valence-electron chi connectivity index (χ3n) is 3.54. The fraction of sp³-hybridized carbons (Fsp3) is 0.312. The summed E-state index contributed by atoms with van der Waals surface area (Å²) in [5, 5.41) is 4.71. The second-order valence-electron chi connectivity index (χ2n) is 4.97. The zero-order chi connectivity index (χ0) is 13.9. The number of hydrogen-bond donors (Lipinski definition) is 1. The molecule has 1 aromatic carbocycles. The van der Waals surface area contributed by atoms with E-state index in [0.717, 1.165) is 35.3 Å². The minimum atomic E-state index is 0.0543. The predicted molar refractivity (Wildman–Crippen MR) is 79.6 cm³/mol. The van der Waals surface area contributed by atoms with E-state index in [4.69, 9.17) is 4.42 Å². The second kappa shape index (κ2) is 5.51. The third-order valence-corrected chi connectivity index (χ3v) is 3.54. The number of nitrogens with zero attached hydrogens (tertiary/aromatic N) is 2. The van der Waals surface area contributed by atoms with Crippen LogP contribution in [-0.4, -0.2) is 16.1 Å². The number of aromatic nitrogens is 2. The van der Waals surface area contributed by atoms with Crippen LogP contribution in [0.1, 0.15) is 30.8 Å². The van der Waals surface area contributed by atoms with Crippen molar-refractivity contribution in [2.24, 2.45) is 7.05 Å². The number of imidazole rings is 1. The van der Waals surface area contributed by atoms with E-state index in [1.165, 1.54) is 0 Å². The van der Waals surface area contributed by atoms with Gasteiger partial charge in [0, 0.05) is 30.4 Å². The molecule has 1 unspecified atom stereocenters. The van der Waals surface area contributed by atoms with Crippen molar-refractivity contribution in [1.82, 2.24) is 14.9 Å². The van der Waals surface area contributed by atoms with E-state index in [2.05, 4.69) is 27.9 Å². The van der Waals surface area contributed by atoms with Gasteiger partial charge in [-0.15, -0.1) is 0 Å². The molecule has 0 aliphatic rings. The van der Waals surface area contributed by atoms with Crippen LogP contribution in [0.15, 0.2) is 47.3 Å². The first kappa shape index (κ1) is 12.9. The smallest absolute Gasteiger partial charge is 0.134 e. The minimum Gasteiger partial charge on any atom is -0.464 e. The molecule has 0 spiro atoms. The van der Waals surface area contributed by atoms with Crippen LogP contribution >= 0.6 is 0 Å². The van der Waals surface area contributed by atoms with Crippen LogP contribution < -0.4 is 5.32 Å². The normalized spacial score (nSPS) is 12.9. The maximum atomic E-state index is 5.67. The van der Waals surface area contributed by atoms with Crippen molar-refractivity contribution in [3.8, 4) is 0 Å². The lowest BCUT2D eigenvalue weighted by Gasteiger charge is -2.17. The molecule has 0 saturated heterocycles. The summed E-state index contributed by atoms with van der Waals surface area (Å²) in [7, 11) is 2.02. The van der Waals surface area contributed by atoms with Crippen LogP contribution in [0.25, 0.3) is 11.0 Å². The molecule has 0 fully saturated rings. The summed E-state index contributed by atoms with van der Waals surface area (Å²) in [6, 6.07) is 8.17. The van der Waals surface area contributed by atoms with Gasteiger partial charge in [-0.25, -0.2) is 4.98 Å². The largest absolute Gasteiger partial charge is 0.464 e.